The zero-order chi connectivity index (χ0) is 22.5. The molecule has 166 valence electrons. The Bertz CT molecular complexity index is 1320. The zero-order valence-electron chi connectivity index (χ0n) is 18.3. The number of hydrogen-bond donors (Lipinski definition) is 1. The van der Waals surface area contributed by atoms with Crippen molar-refractivity contribution in [3.05, 3.63) is 92.6 Å². The SMILES string of the molecule is CCOCCCn1c(C)c2c(=O)n(-c3ccccc3OCc3ccccc3)[nH]c2cc1=O. The number of aryl methyl sites for hydroxylation is 1. The van der Waals surface area contributed by atoms with E-state index in [1.807, 2.05) is 68.4 Å². The van der Waals surface area contributed by atoms with Crippen LogP contribution in [-0.2, 0) is 17.9 Å². The van der Waals surface area contributed by atoms with Crippen LogP contribution in [0.4, 0.5) is 0 Å². The summed E-state index contributed by atoms with van der Waals surface area (Å²) in [4.78, 5) is 26.0. The third-order valence-electron chi connectivity index (χ3n) is 5.44. The molecule has 0 atom stereocenters. The Morgan fingerprint density at radius 1 is 1.00 bits per heavy atom. The molecule has 2 heterocycles. The molecular formula is C25H27N3O4. The van der Waals surface area contributed by atoms with E-state index in [0.29, 0.717) is 60.8 Å². The molecule has 0 bridgehead atoms. The Morgan fingerprint density at radius 2 is 1.75 bits per heavy atom. The van der Waals surface area contributed by atoms with Gasteiger partial charge < -0.3 is 14.0 Å². The van der Waals surface area contributed by atoms with Crippen LogP contribution in [0.2, 0.25) is 0 Å². The van der Waals surface area contributed by atoms with Crippen molar-refractivity contribution in [2.45, 2.75) is 33.4 Å². The number of pyridine rings is 1. The summed E-state index contributed by atoms with van der Waals surface area (Å²) in [6.07, 6.45) is 0.703. The fourth-order valence-electron chi connectivity index (χ4n) is 3.83. The van der Waals surface area contributed by atoms with E-state index in [1.165, 1.54) is 10.7 Å². The Morgan fingerprint density at radius 3 is 2.53 bits per heavy atom. The number of fused-ring (bicyclic) bond motifs is 1. The van der Waals surface area contributed by atoms with Crippen molar-refractivity contribution >= 4 is 10.9 Å². The number of benzene rings is 2. The van der Waals surface area contributed by atoms with Gasteiger partial charge in [0.2, 0.25) is 0 Å². The van der Waals surface area contributed by atoms with Gasteiger partial charge in [0.25, 0.3) is 11.1 Å². The average molecular weight is 434 g/mol. The van der Waals surface area contributed by atoms with Crippen LogP contribution in [0.15, 0.2) is 70.3 Å². The summed E-state index contributed by atoms with van der Waals surface area (Å²) in [5.74, 6) is 0.578. The first-order valence-corrected chi connectivity index (χ1v) is 10.8. The van der Waals surface area contributed by atoms with Crippen molar-refractivity contribution < 1.29 is 9.47 Å². The van der Waals surface area contributed by atoms with Gasteiger partial charge in [-0.1, -0.05) is 42.5 Å². The maximum absolute atomic E-state index is 13.4. The summed E-state index contributed by atoms with van der Waals surface area (Å²) in [6, 6.07) is 18.7. The molecule has 32 heavy (non-hydrogen) atoms. The normalized spacial score (nSPS) is 11.2. The first-order valence-electron chi connectivity index (χ1n) is 10.8. The minimum Gasteiger partial charge on any atom is -0.487 e. The van der Waals surface area contributed by atoms with E-state index in [-0.39, 0.29) is 11.1 Å². The van der Waals surface area contributed by atoms with E-state index >= 15 is 0 Å². The summed E-state index contributed by atoms with van der Waals surface area (Å²) in [7, 11) is 0. The molecule has 7 nitrogen and oxygen atoms in total. The Balaban J connectivity index is 1.70. The molecule has 0 unspecified atom stereocenters. The molecule has 0 fully saturated rings. The Hall–Kier alpha value is -3.58. The van der Waals surface area contributed by atoms with Crippen molar-refractivity contribution in [1.29, 1.82) is 0 Å². The van der Waals surface area contributed by atoms with Gasteiger partial charge in [0.05, 0.1) is 10.9 Å². The van der Waals surface area contributed by atoms with Gasteiger partial charge in [-0.25, -0.2) is 4.68 Å². The van der Waals surface area contributed by atoms with Crippen molar-refractivity contribution in [2.75, 3.05) is 13.2 Å². The summed E-state index contributed by atoms with van der Waals surface area (Å²) >= 11 is 0. The number of para-hydroxylation sites is 2. The maximum Gasteiger partial charge on any atom is 0.281 e. The summed E-state index contributed by atoms with van der Waals surface area (Å²) in [5.41, 5.74) is 2.43. The van der Waals surface area contributed by atoms with E-state index in [1.54, 1.807) is 4.57 Å². The van der Waals surface area contributed by atoms with E-state index in [9.17, 15) is 9.59 Å². The van der Waals surface area contributed by atoms with Crippen LogP contribution in [0.1, 0.15) is 24.6 Å². The second-order valence-electron chi connectivity index (χ2n) is 7.55. The highest BCUT2D eigenvalue weighted by Crippen LogP contribution is 2.23. The average Bonchev–Trinajstić information content (AvgIpc) is 3.13. The van der Waals surface area contributed by atoms with E-state index in [0.717, 1.165) is 5.56 Å². The third kappa shape index (κ3) is 4.38. The lowest BCUT2D eigenvalue weighted by Gasteiger charge is -2.11. The number of ether oxygens (including phenoxy) is 2. The molecule has 0 spiro atoms. The highest BCUT2D eigenvalue weighted by atomic mass is 16.5. The maximum atomic E-state index is 13.4. The summed E-state index contributed by atoms with van der Waals surface area (Å²) in [6.45, 7) is 5.85. The van der Waals surface area contributed by atoms with Gasteiger partial charge in [-0.05, 0) is 38.0 Å². The molecule has 0 aliphatic heterocycles. The standard InChI is InChI=1S/C25H27N3O4/c1-3-31-15-9-14-27-18(2)24-20(16-23(27)29)26-28(25(24)30)21-12-7-8-13-22(21)32-17-19-10-5-4-6-11-19/h4-8,10-13,16,26H,3,9,14-15,17H2,1-2H3. The van der Waals surface area contributed by atoms with Gasteiger partial charge in [-0.3, -0.25) is 14.7 Å². The van der Waals surface area contributed by atoms with Crippen LogP contribution in [0.25, 0.3) is 16.6 Å². The second-order valence-corrected chi connectivity index (χ2v) is 7.55. The first-order chi connectivity index (χ1) is 15.6. The Labute approximate surface area is 185 Å². The molecule has 0 aliphatic carbocycles. The van der Waals surface area contributed by atoms with E-state index in [4.69, 9.17) is 9.47 Å². The van der Waals surface area contributed by atoms with Gasteiger partial charge >= 0.3 is 0 Å². The molecular weight excluding hydrogens is 406 g/mol. The molecule has 4 rings (SSSR count). The number of rotatable bonds is 9. The van der Waals surface area contributed by atoms with Crippen LogP contribution in [-0.4, -0.2) is 27.6 Å². The summed E-state index contributed by atoms with van der Waals surface area (Å²) < 4.78 is 14.5. The van der Waals surface area contributed by atoms with Crippen LogP contribution in [0.5, 0.6) is 5.75 Å². The highest BCUT2D eigenvalue weighted by molar-refractivity contribution is 5.80. The zero-order valence-corrected chi connectivity index (χ0v) is 18.3. The molecule has 4 aromatic rings. The first kappa shape index (κ1) is 21.6. The number of hydrogen-bond acceptors (Lipinski definition) is 4. The molecule has 7 heteroatoms. The van der Waals surface area contributed by atoms with Crippen molar-refractivity contribution in [1.82, 2.24) is 14.3 Å². The number of aromatic amines is 1. The second kappa shape index (κ2) is 9.70. The lowest BCUT2D eigenvalue weighted by atomic mass is 10.2. The highest BCUT2D eigenvalue weighted by Gasteiger charge is 2.17. The minimum atomic E-state index is -0.216. The fourth-order valence-corrected chi connectivity index (χ4v) is 3.83. The number of aromatic nitrogens is 3. The molecule has 1 N–H and O–H groups in total. The molecule has 0 radical (unpaired) electrons. The topological polar surface area (TPSA) is 78.2 Å². The molecule has 0 saturated carbocycles. The van der Waals surface area contributed by atoms with Gasteiger partial charge in [-0.2, -0.15) is 0 Å². The number of H-pyrrole nitrogens is 1. The van der Waals surface area contributed by atoms with Crippen molar-refractivity contribution in [3.8, 4) is 11.4 Å². The monoisotopic (exact) mass is 433 g/mol. The minimum absolute atomic E-state index is 0.145. The molecule has 0 aliphatic rings. The van der Waals surface area contributed by atoms with Gasteiger partial charge in [-0.15, -0.1) is 0 Å². The van der Waals surface area contributed by atoms with E-state index in [2.05, 4.69) is 5.10 Å². The third-order valence-corrected chi connectivity index (χ3v) is 5.44. The predicted octanol–water partition coefficient (Wildman–Crippen LogP) is 3.79. The Kier molecular flexibility index (Phi) is 6.56. The molecule has 0 saturated heterocycles. The quantitative estimate of drug-likeness (QED) is 0.407. The summed E-state index contributed by atoms with van der Waals surface area (Å²) in [5, 5.41) is 3.59. The smallest absolute Gasteiger partial charge is 0.281 e. The predicted molar refractivity (Wildman–Crippen MR) is 125 cm³/mol. The molecule has 0 amide bonds. The van der Waals surface area contributed by atoms with Gasteiger partial charge in [0.15, 0.2) is 0 Å². The van der Waals surface area contributed by atoms with Crippen LogP contribution in [0.3, 0.4) is 0 Å². The molecule has 2 aromatic heterocycles. The van der Waals surface area contributed by atoms with E-state index < -0.39 is 0 Å². The molecule has 2 aromatic carbocycles. The van der Waals surface area contributed by atoms with Gasteiger partial charge in [0.1, 0.15) is 18.0 Å². The number of nitrogens with one attached hydrogen (secondary N) is 1. The lowest BCUT2D eigenvalue weighted by molar-refractivity contribution is 0.141. The van der Waals surface area contributed by atoms with Crippen LogP contribution < -0.4 is 15.9 Å². The van der Waals surface area contributed by atoms with Crippen molar-refractivity contribution in [2.24, 2.45) is 0 Å². The van der Waals surface area contributed by atoms with Crippen molar-refractivity contribution in [3.63, 3.8) is 0 Å². The van der Waals surface area contributed by atoms with Crippen LogP contribution in [0, 0.1) is 6.92 Å². The van der Waals surface area contributed by atoms with Crippen LogP contribution >= 0.6 is 0 Å². The number of nitrogens with zero attached hydrogens (tertiary/aromatic N) is 2. The fraction of sp³-hybridized carbons (Fsp3) is 0.280. The lowest BCUT2D eigenvalue weighted by Crippen LogP contribution is -2.24. The largest absolute Gasteiger partial charge is 0.487 e. The van der Waals surface area contributed by atoms with Gasteiger partial charge in [0, 0.05) is 31.5 Å².